The minimum absolute atomic E-state index is 0.148. The number of rotatable bonds is 6. The number of aryl methyl sites for hydroxylation is 1. The van der Waals surface area contributed by atoms with Crippen LogP contribution >= 0.6 is 0 Å². The zero-order valence-electron chi connectivity index (χ0n) is 18.3. The van der Waals surface area contributed by atoms with Gasteiger partial charge in [-0.25, -0.2) is 14.4 Å². The number of fused-ring (bicyclic) bond motifs is 1. The minimum Gasteiger partial charge on any atom is -0.392 e. The highest BCUT2D eigenvalue weighted by atomic mass is 19.1. The first-order chi connectivity index (χ1) is 14.9. The lowest BCUT2D eigenvalue weighted by atomic mass is 10.1. The maximum absolute atomic E-state index is 14.3. The number of anilines is 2. The van der Waals surface area contributed by atoms with Gasteiger partial charge in [0.1, 0.15) is 11.3 Å². The van der Waals surface area contributed by atoms with Crippen LogP contribution in [0, 0.1) is 12.7 Å². The Morgan fingerprint density at radius 2 is 1.87 bits per heavy atom. The molecule has 31 heavy (non-hydrogen) atoms. The monoisotopic (exact) mass is 424 g/mol. The minimum atomic E-state index is -0.263. The second-order valence-corrected chi connectivity index (χ2v) is 8.36. The van der Waals surface area contributed by atoms with E-state index in [9.17, 15) is 4.39 Å². The van der Waals surface area contributed by atoms with Gasteiger partial charge in [0.25, 0.3) is 0 Å². The molecule has 0 spiro atoms. The lowest BCUT2D eigenvalue weighted by Gasteiger charge is -2.36. The van der Waals surface area contributed by atoms with Crippen LogP contribution in [0.3, 0.4) is 0 Å². The molecule has 8 heteroatoms. The van der Waals surface area contributed by atoms with Crippen molar-refractivity contribution >= 4 is 22.7 Å². The van der Waals surface area contributed by atoms with Crippen molar-refractivity contribution in [1.82, 2.24) is 19.9 Å². The standard InChI is InChI=1S/C23H29FN6O/c1-15(2)26-22-23(28-21-12-25-16(3)10-20(21)27-22)30-8-6-29(7-9-30)13-18-5-4-17(14-31)11-19(18)24/h4-5,10-12,15,31H,6-9,13-14H2,1-3H3,(H,26,27). The number of nitrogens with zero attached hydrogens (tertiary/aromatic N) is 5. The van der Waals surface area contributed by atoms with E-state index in [0.717, 1.165) is 54.5 Å². The third kappa shape index (κ3) is 4.91. The van der Waals surface area contributed by atoms with E-state index in [1.165, 1.54) is 6.07 Å². The number of piperazine rings is 1. The number of aliphatic hydroxyl groups is 1. The predicted molar refractivity (Wildman–Crippen MR) is 121 cm³/mol. The van der Waals surface area contributed by atoms with Crippen molar-refractivity contribution in [3.8, 4) is 0 Å². The molecule has 0 aliphatic carbocycles. The summed E-state index contributed by atoms with van der Waals surface area (Å²) in [4.78, 5) is 18.5. The number of pyridine rings is 1. The van der Waals surface area contributed by atoms with E-state index in [1.807, 2.05) is 13.0 Å². The molecule has 4 rings (SSSR count). The van der Waals surface area contributed by atoms with Gasteiger partial charge in [0, 0.05) is 50.0 Å². The molecule has 1 aromatic carbocycles. The van der Waals surface area contributed by atoms with Crippen molar-refractivity contribution in [2.24, 2.45) is 0 Å². The highest BCUT2D eigenvalue weighted by Gasteiger charge is 2.23. The summed E-state index contributed by atoms with van der Waals surface area (Å²) in [6.07, 6.45) is 1.77. The van der Waals surface area contributed by atoms with Crippen molar-refractivity contribution in [1.29, 1.82) is 0 Å². The van der Waals surface area contributed by atoms with Gasteiger partial charge in [-0.15, -0.1) is 0 Å². The molecule has 2 aromatic heterocycles. The molecular weight excluding hydrogens is 395 g/mol. The van der Waals surface area contributed by atoms with Crippen LogP contribution in [-0.4, -0.2) is 57.2 Å². The molecule has 1 saturated heterocycles. The van der Waals surface area contributed by atoms with Crippen LogP contribution in [0.4, 0.5) is 16.0 Å². The highest BCUT2D eigenvalue weighted by Crippen LogP contribution is 2.27. The van der Waals surface area contributed by atoms with Crippen molar-refractivity contribution in [2.45, 2.75) is 40.0 Å². The van der Waals surface area contributed by atoms with Gasteiger partial charge in [0.05, 0.1) is 18.3 Å². The van der Waals surface area contributed by atoms with Crippen LogP contribution in [0.25, 0.3) is 11.0 Å². The van der Waals surface area contributed by atoms with Crippen molar-refractivity contribution in [2.75, 3.05) is 36.4 Å². The maximum Gasteiger partial charge on any atom is 0.172 e. The van der Waals surface area contributed by atoms with Crippen LogP contribution in [0.1, 0.15) is 30.7 Å². The molecule has 0 unspecified atom stereocenters. The van der Waals surface area contributed by atoms with Crippen LogP contribution in [0.15, 0.2) is 30.5 Å². The van der Waals surface area contributed by atoms with Crippen LogP contribution < -0.4 is 10.2 Å². The Hall–Kier alpha value is -2.84. The lowest BCUT2D eigenvalue weighted by molar-refractivity contribution is 0.246. The van der Waals surface area contributed by atoms with Gasteiger partial charge >= 0.3 is 0 Å². The summed E-state index contributed by atoms with van der Waals surface area (Å²) < 4.78 is 14.3. The molecule has 0 atom stereocenters. The molecular formula is C23H29FN6O. The molecule has 1 aliphatic rings. The molecule has 3 aromatic rings. The number of halogens is 1. The third-order valence-corrected chi connectivity index (χ3v) is 5.46. The van der Waals surface area contributed by atoms with E-state index in [4.69, 9.17) is 15.1 Å². The van der Waals surface area contributed by atoms with E-state index in [0.29, 0.717) is 17.7 Å². The maximum atomic E-state index is 14.3. The Labute approximate surface area is 182 Å². The van der Waals surface area contributed by atoms with Crippen molar-refractivity contribution in [3.63, 3.8) is 0 Å². The fourth-order valence-electron chi connectivity index (χ4n) is 3.82. The van der Waals surface area contributed by atoms with Crippen molar-refractivity contribution in [3.05, 3.63) is 53.1 Å². The smallest absolute Gasteiger partial charge is 0.172 e. The molecule has 0 bridgehead atoms. The summed E-state index contributed by atoms with van der Waals surface area (Å²) >= 11 is 0. The number of hydrogen-bond donors (Lipinski definition) is 2. The third-order valence-electron chi connectivity index (χ3n) is 5.46. The number of nitrogens with one attached hydrogen (secondary N) is 1. The van der Waals surface area contributed by atoms with Gasteiger partial charge in [-0.2, -0.15) is 0 Å². The number of aromatic nitrogens is 3. The molecule has 2 N–H and O–H groups in total. The van der Waals surface area contributed by atoms with E-state index in [1.54, 1.807) is 18.3 Å². The van der Waals surface area contributed by atoms with Crippen LogP contribution in [0.5, 0.6) is 0 Å². The summed E-state index contributed by atoms with van der Waals surface area (Å²) in [5, 5.41) is 12.6. The molecule has 0 amide bonds. The van der Waals surface area contributed by atoms with Crippen LogP contribution in [-0.2, 0) is 13.2 Å². The summed E-state index contributed by atoms with van der Waals surface area (Å²) in [5.41, 5.74) is 3.77. The van der Waals surface area contributed by atoms with Crippen molar-refractivity contribution < 1.29 is 9.50 Å². The Morgan fingerprint density at radius 3 is 2.55 bits per heavy atom. The number of aliphatic hydroxyl groups excluding tert-OH is 1. The van der Waals surface area contributed by atoms with Gasteiger partial charge in [-0.3, -0.25) is 9.88 Å². The highest BCUT2D eigenvalue weighted by molar-refractivity contribution is 5.80. The fourth-order valence-corrected chi connectivity index (χ4v) is 3.82. The molecule has 7 nitrogen and oxygen atoms in total. The van der Waals surface area contributed by atoms with Gasteiger partial charge < -0.3 is 15.3 Å². The SMILES string of the molecule is Cc1cc2nc(NC(C)C)c(N3CCN(Cc4ccc(CO)cc4F)CC3)nc2cn1. The lowest BCUT2D eigenvalue weighted by Crippen LogP contribution is -2.46. The summed E-state index contributed by atoms with van der Waals surface area (Å²) in [6.45, 7) is 9.68. The molecule has 1 aliphatic heterocycles. The largest absolute Gasteiger partial charge is 0.392 e. The first-order valence-electron chi connectivity index (χ1n) is 10.7. The first-order valence-corrected chi connectivity index (χ1v) is 10.7. The molecule has 0 saturated carbocycles. The second-order valence-electron chi connectivity index (χ2n) is 8.36. The quantitative estimate of drug-likeness (QED) is 0.630. The molecule has 3 heterocycles. The average molecular weight is 425 g/mol. The second kappa shape index (κ2) is 9.11. The number of hydrogen-bond acceptors (Lipinski definition) is 7. The summed E-state index contributed by atoms with van der Waals surface area (Å²) in [5.74, 6) is 1.36. The molecule has 1 fully saturated rings. The van der Waals surface area contributed by atoms with Gasteiger partial charge in [0.2, 0.25) is 0 Å². The summed E-state index contributed by atoms with van der Waals surface area (Å²) in [7, 11) is 0. The Kier molecular flexibility index (Phi) is 6.29. The zero-order chi connectivity index (χ0) is 22.0. The predicted octanol–water partition coefficient (Wildman–Crippen LogP) is 3.11. The first kappa shape index (κ1) is 21.4. The van der Waals surface area contributed by atoms with E-state index in [2.05, 4.69) is 33.9 Å². The van der Waals surface area contributed by atoms with E-state index in [-0.39, 0.29) is 18.5 Å². The number of benzene rings is 1. The average Bonchev–Trinajstić information content (AvgIpc) is 2.75. The molecule has 0 radical (unpaired) electrons. The van der Waals surface area contributed by atoms with E-state index >= 15 is 0 Å². The van der Waals surface area contributed by atoms with E-state index < -0.39 is 0 Å². The zero-order valence-corrected chi connectivity index (χ0v) is 18.3. The topological polar surface area (TPSA) is 77.4 Å². The van der Waals surface area contributed by atoms with Gasteiger partial charge in [0.15, 0.2) is 11.6 Å². The fraction of sp³-hybridized carbons (Fsp3) is 0.435. The Balaban J connectivity index is 1.50. The Morgan fingerprint density at radius 1 is 1.10 bits per heavy atom. The van der Waals surface area contributed by atoms with Gasteiger partial charge in [-0.05, 0) is 38.5 Å². The Bertz CT molecular complexity index is 1070. The molecule has 164 valence electrons. The van der Waals surface area contributed by atoms with Gasteiger partial charge in [-0.1, -0.05) is 12.1 Å². The summed E-state index contributed by atoms with van der Waals surface area (Å²) in [6, 6.07) is 7.14. The van der Waals surface area contributed by atoms with Crippen LogP contribution in [0.2, 0.25) is 0 Å². The normalized spacial score (nSPS) is 15.1.